The number of nitrogens with zero attached hydrogens (tertiary/aromatic N) is 3. The molecule has 6 nitrogen and oxygen atoms in total. The fourth-order valence-corrected chi connectivity index (χ4v) is 2.34. The van der Waals surface area contributed by atoms with E-state index in [0.717, 1.165) is 38.3 Å². The van der Waals surface area contributed by atoms with Gasteiger partial charge in [0.05, 0.1) is 0 Å². The van der Waals surface area contributed by atoms with E-state index in [9.17, 15) is 4.79 Å². The maximum absolute atomic E-state index is 11.8. The molecule has 0 saturated carbocycles. The number of piperidine rings is 1. The first-order chi connectivity index (χ1) is 9.65. The molecule has 1 atom stereocenters. The van der Waals surface area contributed by atoms with Crippen molar-refractivity contribution in [1.82, 2.24) is 15.3 Å². The van der Waals surface area contributed by atoms with Crippen LogP contribution < -0.4 is 16.0 Å². The van der Waals surface area contributed by atoms with Gasteiger partial charge >= 0.3 is 0 Å². The van der Waals surface area contributed by atoms with Gasteiger partial charge in [-0.15, -0.1) is 0 Å². The maximum atomic E-state index is 11.8. The van der Waals surface area contributed by atoms with Crippen LogP contribution in [0.5, 0.6) is 0 Å². The Morgan fingerprint density at radius 1 is 1.45 bits per heavy atom. The summed E-state index contributed by atoms with van der Waals surface area (Å²) >= 11 is 0. The Morgan fingerprint density at radius 2 is 2.10 bits per heavy atom. The molecular weight excluding hydrogens is 254 g/mol. The van der Waals surface area contributed by atoms with Crippen LogP contribution in [0.4, 0.5) is 5.95 Å². The van der Waals surface area contributed by atoms with Crippen molar-refractivity contribution in [3.05, 3.63) is 18.5 Å². The van der Waals surface area contributed by atoms with Crippen LogP contribution >= 0.6 is 0 Å². The van der Waals surface area contributed by atoms with Crippen molar-refractivity contribution < 1.29 is 4.79 Å². The highest BCUT2D eigenvalue weighted by Gasteiger charge is 2.21. The minimum atomic E-state index is 0.0813. The summed E-state index contributed by atoms with van der Waals surface area (Å²) in [6.45, 7) is 3.68. The largest absolute Gasteiger partial charge is 0.353 e. The van der Waals surface area contributed by atoms with E-state index >= 15 is 0 Å². The van der Waals surface area contributed by atoms with Crippen LogP contribution in [0.15, 0.2) is 18.5 Å². The van der Waals surface area contributed by atoms with E-state index in [2.05, 4.69) is 20.2 Å². The molecule has 1 aromatic rings. The monoisotopic (exact) mass is 277 g/mol. The zero-order valence-electron chi connectivity index (χ0n) is 12.0. The van der Waals surface area contributed by atoms with E-state index in [4.69, 9.17) is 5.73 Å². The van der Waals surface area contributed by atoms with Gasteiger partial charge in [-0.05, 0) is 32.3 Å². The number of anilines is 1. The van der Waals surface area contributed by atoms with E-state index in [-0.39, 0.29) is 18.0 Å². The summed E-state index contributed by atoms with van der Waals surface area (Å²) in [5.74, 6) is 0.881. The lowest BCUT2D eigenvalue weighted by molar-refractivity contribution is -0.122. The highest BCUT2D eigenvalue weighted by Crippen LogP contribution is 2.15. The van der Waals surface area contributed by atoms with Gasteiger partial charge in [-0.3, -0.25) is 4.79 Å². The molecule has 1 amide bonds. The lowest BCUT2D eigenvalue weighted by atomic mass is 10.0. The average molecular weight is 277 g/mol. The number of amides is 1. The fourth-order valence-electron chi connectivity index (χ4n) is 2.34. The van der Waals surface area contributed by atoms with E-state index in [1.807, 2.05) is 13.0 Å². The molecule has 0 spiro atoms. The number of rotatable bonds is 5. The van der Waals surface area contributed by atoms with Gasteiger partial charge in [0.15, 0.2) is 0 Å². The predicted octanol–water partition coefficient (Wildman–Crippen LogP) is 0.689. The maximum Gasteiger partial charge on any atom is 0.225 e. The van der Waals surface area contributed by atoms with E-state index in [1.54, 1.807) is 12.4 Å². The lowest BCUT2D eigenvalue weighted by Crippen LogP contribution is -2.45. The van der Waals surface area contributed by atoms with Gasteiger partial charge in [0, 0.05) is 44.0 Å². The molecule has 20 heavy (non-hydrogen) atoms. The normalized spacial score (nSPS) is 17.8. The number of hydrogen-bond acceptors (Lipinski definition) is 5. The summed E-state index contributed by atoms with van der Waals surface area (Å²) in [6.07, 6.45) is 6.63. The Balaban J connectivity index is 1.73. The summed E-state index contributed by atoms with van der Waals surface area (Å²) in [7, 11) is 0. The van der Waals surface area contributed by atoms with Gasteiger partial charge in [0.2, 0.25) is 11.9 Å². The minimum absolute atomic E-state index is 0.0813. The second-order valence-corrected chi connectivity index (χ2v) is 5.39. The first kappa shape index (κ1) is 14.7. The Bertz CT molecular complexity index is 415. The van der Waals surface area contributed by atoms with E-state index < -0.39 is 0 Å². The molecule has 0 aromatic carbocycles. The highest BCUT2D eigenvalue weighted by atomic mass is 16.1. The lowest BCUT2D eigenvalue weighted by Gasteiger charge is -2.32. The zero-order valence-corrected chi connectivity index (χ0v) is 12.0. The third kappa shape index (κ3) is 4.45. The summed E-state index contributed by atoms with van der Waals surface area (Å²) in [5.41, 5.74) is 5.66. The summed E-state index contributed by atoms with van der Waals surface area (Å²) in [4.78, 5) is 22.4. The molecule has 1 fully saturated rings. The first-order valence-corrected chi connectivity index (χ1v) is 7.22. The van der Waals surface area contributed by atoms with Gasteiger partial charge in [0.25, 0.3) is 0 Å². The van der Waals surface area contributed by atoms with Crippen molar-refractivity contribution in [2.24, 2.45) is 5.73 Å². The third-order valence-electron chi connectivity index (χ3n) is 3.52. The highest BCUT2D eigenvalue weighted by molar-refractivity contribution is 5.76. The number of carbonyl (C=O) groups is 1. The fraction of sp³-hybridized carbons (Fsp3) is 0.643. The number of nitrogens with two attached hydrogens (primary N) is 1. The first-order valence-electron chi connectivity index (χ1n) is 7.22. The predicted molar refractivity (Wildman–Crippen MR) is 78.3 cm³/mol. The molecule has 2 rings (SSSR count). The van der Waals surface area contributed by atoms with Crippen molar-refractivity contribution in [2.75, 3.05) is 18.0 Å². The van der Waals surface area contributed by atoms with Gasteiger partial charge in [-0.1, -0.05) is 0 Å². The molecule has 2 heterocycles. The SMILES string of the molecule is CC(N)CCC(=O)NC1CCN(c2ncccn2)CC1. The standard InChI is InChI=1S/C14H23N5O/c1-11(15)3-4-13(20)18-12-5-9-19(10-6-12)14-16-7-2-8-17-14/h2,7-8,11-12H,3-6,9-10,15H2,1H3,(H,18,20). The molecule has 1 aliphatic heterocycles. The summed E-state index contributed by atoms with van der Waals surface area (Å²) in [6, 6.07) is 2.16. The Labute approximate surface area is 119 Å². The number of hydrogen-bond donors (Lipinski definition) is 2. The van der Waals surface area contributed by atoms with Crippen molar-refractivity contribution in [1.29, 1.82) is 0 Å². The van der Waals surface area contributed by atoms with Crippen LogP contribution in [0.25, 0.3) is 0 Å². The average Bonchev–Trinajstić information content (AvgIpc) is 2.47. The second-order valence-electron chi connectivity index (χ2n) is 5.39. The quantitative estimate of drug-likeness (QED) is 0.827. The van der Waals surface area contributed by atoms with Gasteiger partial charge in [-0.25, -0.2) is 9.97 Å². The van der Waals surface area contributed by atoms with Crippen molar-refractivity contribution in [3.8, 4) is 0 Å². The molecule has 110 valence electrons. The Hall–Kier alpha value is -1.69. The zero-order chi connectivity index (χ0) is 14.4. The number of carbonyl (C=O) groups excluding carboxylic acids is 1. The Kier molecular flexibility index (Phi) is 5.29. The van der Waals surface area contributed by atoms with Crippen molar-refractivity contribution >= 4 is 11.9 Å². The molecule has 0 aliphatic carbocycles. The van der Waals surface area contributed by atoms with E-state index in [0.29, 0.717) is 6.42 Å². The minimum Gasteiger partial charge on any atom is -0.353 e. The number of nitrogens with one attached hydrogen (secondary N) is 1. The summed E-state index contributed by atoms with van der Waals surface area (Å²) in [5, 5.41) is 3.08. The van der Waals surface area contributed by atoms with Crippen LogP contribution in [0.1, 0.15) is 32.6 Å². The van der Waals surface area contributed by atoms with Crippen molar-refractivity contribution in [3.63, 3.8) is 0 Å². The molecule has 1 saturated heterocycles. The van der Waals surface area contributed by atoms with Gasteiger partial charge < -0.3 is 16.0 Å². The molecular formula is C14H23N5O. The van der Waals surface area contributed by atoms with Crippen LogP contribution in [0.2, 0.25) is 0 Å². The van der Waals surface area contributed by atoms with E-state index in [1.165, 1.54) is 0 Å². The molecule has 0 bridgehead atoms. The molecule has 1 aliphatic rings. The van der Waals surface area contributed by atoms with Crippen LogP contribution in [0.3, 0.4) is 0 Å². The molecule has 6 heteroatoms. The van der Waals surface area contributed by atoms with Crippen LogP contribution in [-0.2, 0) is 4.79 Å². The van der Waals surface area contributed by atoms with Crippen molar-refractivity contribution in [2.45, 2.75) is 44.7 Å². The molecule has 0 radical (unpaired) electrons. The van der Waals surface area contributed by atoms with Crippen LogP contribution in [-0.4, -0.2) is 41.0 Å². The second kappa shape index (κ2) is 7.19. The molecule has 1 unspecified atom stereocenters. The molecule has 1 aromatic heterocycles. The summed E-state index contributed by atoms with van der Waals surface area (Å²) < 4.78 is 0. The smallest absolute Gasteiger partial charge is 0.225 e. The van der Waals surface area contributed by atoms with Gasteiger partial charge in [-0.2, -0.15) is 0 Å². The topological polar surface area (TPSA) is 84.1 Å². The Morgan fingerprint density at radius 3 is 2.70 bits per heavy atom. The molecule has 3 N–H and O–H groups in total. The van der Waals surface area contributed by atoms with Crippen LogP contribution in [0, 0.1) is 0 Å². The van der Waals surface area contributed by atoms with Gasteiger partial charge in [0.1, 0.15) is 0 Å². The third-order valence-corrected chi connectivity index (χ3v) is 3.52. The number of aromatic nitrogens is 2.